The van der Waals surface area contributed by atoms with Gasteiger partial charge in [-0.3, -0.25) is 9.59 Å². The van der Waals surface area contributed by atoms with Crippen molar-refractivity contribution in [1.82, 2.24) is 5.32 Å². The van der Waals surface area contributed by atoms with Gasteiger partial charge < -0.3 is 10.4 Å². The number of carboxylic acids is 1. The van der Waals surface area contributed by atoms with Crippen molar-refractivity contribution in [3.8, 4) is 0 Å². The maximum atomic E-state index is 13.0. The molecule has 1 rings (SSSR count). The van der Waals surface area contributed by atoms with E-state index >= 15 is 0 Å². The Labute approximate surface area is 132 Å². The van der Waals surface area contributed by atoms with Gasteiger partial charge in [0.1, 0.15) is 0 Å². The zero-order valence-electron chi connectivity index (χ0n) is 12.4. The zero-order valence-corrected chi connectivity index (χ0v) is 12.4. The highest BCUT2D eigenvalue weighted by Crippen LogP contribution is 2.32. The molecule has 0 fully saturated rings. The standard InChI is InChI=1S/C16H18F3NO3/c1-2-3-8-14(21)20-12(10-15(22)23)9-11-6-4-5-7-13(11)16(17,18)19/h2,4-7,12H,1,3,8-10H2,(H,20,21)(H,22,23)/t12-/m0/s1. The molecule has 0 aliphatic carbocycles. The Hall–Kier alpha value is -2.31. The maximum absolute atomic E-state index is 13.0. The van der Waals surface area contributed by atoms with E-state index in [9.17, 15) is 22.8 Å². The molecular formula is C16H18F3NO3. The Balaban J connectivity index is 2.91. The van der Waals surface area contributed by atoms with Crippen molar-refractivity contribution in [1.29, 1.82) is 0 Å². The van der Waals surface area contributed by atoms with E-state index < -0.39 is 36.1 Å². The fourth-order valence-corrected chi connectivity index (χ4v) is 2.16. The molecule has 1 aromatic carbocycles. The van der Waals surface area contributed by atoms with Crippen LogP contribution in [0.5, 0.6) is 0 Å². The number of alkyl halides is 3. The van der Waals surface area contributed by atoms with Crippen LogP contribution in [0.4, 0.5) is 13.2 Å². The Morgan fingerprint density at radius 3 is 2.52 bits per heavy atom. The monoisotopic (exact) mass is 329 g/mol. The average molecular weight is 329 g/mol. The topological polar surface area (TPSA) is 66.4 Å². The van der Waals surface area contributed by atoms with E-state index in [0.29, 0.717) is 6.42 Å². The zero-order chi connectivity index (χ0) is 17.5. The van der Waals surface area contributed by atoms with Gasteiger partial charge in [0, 0.05) is 12.5 Å². The molecule has 126 valence electrons. The molecule has 0 heterocycles. The van der Waals surface area contributed by atoms with E-state index in [0.717, 1.165) is 6.07 Å². The average Bonchev–Trinajstić information content (AvgIpc) is 2.43. The summed E-state index contributed by atoms with van der Waals surface area (Å²) in [5.41, 5.74) is -0.869. The molecule has 7 heteroatoms. The molecule has 0 saturated carbocycles. The number of aliphatic carboxylic acids is 1. The first-order valence-corrected chi connectivity index (χ1v) is 7.01. The Morgan fingerprint density at radius 1 is 1.30 bits per heavy atom. The van der Waals surface area contributed by atoms with E-state index in [4.69, 9.17) is 5.11 Å². The molecule has 0 radical (unpaired) electrons. The van der Waals surface area contributed by atoms with E-state index in [1.54, 1.807) is 0 Å². The number of amides is 1. The molecule has 4 nitrogen and oxygen atoms in total. The first-order valence-electron chi connectivity index (χ1n) is 7.01. The lowest BCUT2D eigenvalue weighted by Gasteiger charge is -2.19. The highest BCUT2D eigenvalue weighted by atomic mass is 19.4. The first kappa shape index (κ1) is 18.7. The third-order valence-electron chi connectivity index (χ3n) is 3.15. The van der Waals surface area contributed by atoms with Crippen LogP contribution < -0.4 is 5.32 Å². The lowest BCUT2D eigenvalue weighted by atomic mass is 9.98. The van der Waals surface area contributed by atoms with Crippen molar-refractivity contribution in [3.05, 3.63) is 48.0 Å². The van der Waals surface area contributed by atoms with Gasteiger partial charge in [-0.1, -0.05) is 24.3 Å². The summed E-state index contributed by atoms with van der Waals surface area (Å²) >= 11 is 0. The van der Waals surface area contributed by atoms with Gasteiger partial charge in [0.05, 0.1) is 12.0 Å². The van der Waals surface area contributed by atoms with E-state index in [-0.39, 0.29) is 18.4 Å². The minimum Gasteiger partial charge on any atom is -0.481 e. The summed E-state index contributed by atoms with van der Waals surface area (Å²) in [6.45, 7) is 3.47. The number of benzene rings is 1. The summed E-state index contributed by atoms with van der Waals surface area (Å²) in [4.78, 5) is 22.6. The maximum Gasteiger partial charge on any atom is 0.416 e. The summed E-state index contributed by atoms with van der Waals surface area (Å²) in [6.07, 6.45) is -3.14. The highest BCUT2D eigenvalue weighted by molar-refractivity contribution is 5.77. The second-order valence-corrected chi connectivity index (χ2v) is 5.05. The molecule has 2 N–H and O–H groups in total. The number of carboxylic acid groups (broad SMARTS) is 1. The minimum atomic E-state index is -4.53. The number of nitrogens with one attached hydrogen (secondary N) is 1. The quantitative estimate of drug-likeness (QED) is 0.720. The number of hydrogen-bond donors (Lipinski definition) is 2. The summed E-state index contributed by atoms with van der Waals surface area (Å²) < 4.78 is 38.9. The minimum absolute atomic E-state index is 0.0460. The molecule has 1 atom stereocenters. The predicted molar refractivity (Wildman–Crippen MR) is 78.8 cm³/mol. The second kappa shape index (κ2) is 8.36. The van der Waals surface area contributed by atoms with Crippen molar-refractivity contribution < 1.29 is 27.9 Å². The smallest absolute Gasteiger partial charge is 0.416 e. The number of allylic oxidation sites excluding steroid dienone is 1. The van der Waals surface area contributed by atoms with Crippen LogP contribution in [0.2, 0.25) is 0 Å². The van der Waals surface area contributed by atoms with Crippen LogP contribution in [-0.2, 0) is 22.2 Å². The SMILES string of the molecule is C=CCCC(=O)N[C@H](CC(=O)O)Cc1ccccc1C(F)(F)F. The largest absolute Gasteiger partial charge is 0.481 e. The highest BCUT2D eigenvalue weighted by Gasteiger charge is 2.33. The summed E-state index contributed by atoms with van der Waals surface area (Å²) in [7, 11) is 0. The van der Waals surface area contributed by atoms with Gasteiger partial charge in [0.2, 0.25) is 5.91 Å². The molecule has 0 aliphatic heterocycles. The molecule has 0 bridgehead atoms. The van der Waals surface area contributed by atoms with Gasteiger partial charge in [-0.25, -0.2) is 0 Å². The van der Waals surface area contributed by atoms with Crippen LogP contribution in [0.15, 0.2) is 36.9 Å². The molecular weight excluding hydrogens is 311 g/mol. The van der Waals surface area contributed by atoms with Gasteiger partial charge in [-0.2, -0.15) is 13.2 Å². The van der Waals surface area contributed by atoms with Crippen molar-refractivity contribution in [3.63, 3.8) is 0 Å². The van der Waals surface area contributed by atoms with Gasteiger partial charge in [0.25, 0.3) is 0 Å². The number of carbonyl (C=O) groups excluding carboxylic acids is 1. The summed E-state index contributed by atoms with van der Waals surface area (Å²) in [6, 6.07) is 4.02. The fraction of sp³-hybridized carbons (Fsp3) is 0.375. The number of hydrogen-bond acceptors (Lipinski definition) is 2. The van der Waals surface area contributed by atoms with E-state index in [2.05, 4.69) is 11.9 Å². The number of halogens is 3. The second-order valence-electron chi connectivity index (χ2n) is 5.05. The van der Waals surface area contributed by atoms with Crippen molar-refractivity contribution >= 4 is 11.9 Å². The normalized spacial score (nSPS) is 12.5. The Bertz CT molecular complexity index is 570. The number of carbonyl (C=O) groups is 2. The van der Waals surface area contributed by atoms with Gasteiger partial charge in [0.15, 0.2) is 0 Å². The Morgan fingerprint density at radius 2 is 1.96 bits per heavy atom. The number of rotatable bonds is 8. The van der Waals surface area contributed by atoms with Crippen LogP contribution in [0.25, 0.3) is 0 Å². The van der Waals surface area contributed by atoms with Crippen LogP contribution in [0.1, 0.15) is 30.4 Å². The first-order chi connectivity index (χ1) is 10.7. The molecule has 1 amide bonds. The lowest BCUT2D eigenvalue weighted by molar-refractivity contribution is -0.138. The van der Waals surface area contributed by atoms with E-state index in [1.807, 2.05) is 0 Å². The molecule has 0 saturated heterocycles. The van der Waals surface area contributed by atoms with E-state index in [1.165, 1.54) is 24.3 Å². The van der Waals surface area contributed by atoms with Gasteiger partial charge >= 0.3 is 12.1 Å². The van der Waals surface area contributed by atoms with Gasteiger partial charge in [-0.15, -0.1) is 6.58 Å². The van der Waals surface area contributed by atoms with Gasteiger partial charge in [-0.05, 0) is 24.5 Å². The summed E-state index contributed by atoms with van der Waals surface area (Å²) in [5.74, 6) is -1.61. The fourth-order valence-electron chi connectivity index (χ4n) is 2.16. The van der Waals surface area contributed by atoms with Crippen molar-refractivity contribution in [2.75, 3.05) is 0 Å². The van der Waals surface area contributed by atoms with Crippen LogP contribution in [0.3, 0.4) is 0 Å². The molecule has 23 heavy (non-hydrogen) atoms. The molecule has 0 unspecified atom stereocenters. The molecule has 0 spiro atoms. The lowest BCUT2D eigenvalue weighted by Crippen LogP contribution is -2.38. The Kier molecular flexibility index (Phi) is 6.81. The summed E-state index contributed by atoms with van der Waals surface area (Å²) in [5, 5.41) is 11.4. The third-order valence-corrected chi connectivity index (χ3v) is 3.15. The third kappa shape index (κ3) is 6.54. The van der Waals surface area contributed by atoms with Crippen molar-refractivity contribution in [2.45, 2.75) is 37.9 Å². The molecule has 0 aliphatic rings. The predicted octanol–water partition coefficient (Wildman–Crippen LogP) is 3.17. The van der Waals surface area contributed by atoms with Crippen LogP contribution in [0, 0.1) is 0 Å². The van der Waals surface area contributed by atoms with Crippen molar-refractivity contribution in [2.24, 2.45) is 0 Å². The van der Waals surface area contributed by atoms with Crippen LogP contribution >= 0.6 is 0 Å². The molecule has 1 aromatic rings. The van der Waals surface area contributed by atoms with Crippen LogP contribution in [-0.4, -0.2) is 23.0 Å². The molecule has 0 aromatic heterocycles.